The minimum atomic E-state index is 0.883. The number of nitrogens with zero attached hydrogens (tertiary/aromatic N) is 3. The number of hydrogen-bond acceptors (Lipinski definition) is 3. The van der Waals surface area contributed by atoms with Crippen LogP contribution in [0, 0.1) is 0 Å². The van der Waals surface area contributed by atoms with Crippen LogP contribution < -0.4 is 0 Å². The van der Waals surface area contributed by atoms with Gasteiger partial charge in [-0.05, 0) is 41.5 Å². The van der Waals surface area contributed by atoms with Crippen molar-refractivity contribution in [2.75, 3.05) is 0 Å². The Labute approximate surface area is 204 Å². The Morgan fingerprint density at radius 3 is 2.28 bits per heavy atom. The van der Waals surface area contributed by atoms with Crippen molar-refractivity contribution in [1.29, 1.82) is 0 Å². The molecular formula is C32H17N3O. The zero-order chi connectivity index (χ0) is 23.4. The Kier molecular flexibility index (Phi) is 3.25. The monoisotopic (exact) mass is 459 g/mol. The molecule has 0 saturated heterocycles. The van der Waals surface area contributed by atoms with Crippen LogP contribution in [0.25, 0.3) is 82.5 Å². The molecule has 0 atom stereocenters. The number of rotatable bonds is 1. The summed E-state index contributed by atoms with van der Waals surface area (Å²) in [5.41, 5.74) is 9.96. The number of furan rings is 1. The zero-order valence-corrected chi connectivity index (χ0v) is 19.1. The number of hydrogen-bond donors (Lipinski definition) is 0. The zero-order valence-electron chi connectivity index (χ0n) is 19.1. The highest BCUT2D eigenvalue weighted by atomic mass is 16.3. The molecule has 0 spiro atoms. The van der Waals surface area contributed by atoms with E-state index in [1.165, 1.54) is 16.3 Å². The van der Waals surface area contributed by atoms with Crippen LogP contribution in [0.5, 0.6) is 0 Å². The molecule has 4 heterocycles. The van der Waals surface area contributed by atoms with Gasteiger partial charge >= 0.3 is 0 Å². The number of aromatic nitrogens is 3. The van der Waals surface area contributed by atoms with E-state index in [1.807, 2.05) is 18.2 Å². The third-order valence-corrected chi connectivity index (χ3v) is 7.50. The molecule has 36 heavy (non-hydrogen) atoms. The second-order valence-electron chi connectivity index (χ2n) is 9.44. The third-order valence-electron chi connectivity index (χ3n) is 7.50. The summed E-state index contributed by atoms with van der Waals surface area (Å²) in [5, 5.41) is 5.77. The number of para-hydroxylation sites is 2. The van der Waals surface area contributed by atoms with Crippen molar-refractivity contribution in [2.45, 2.75) is 0 Å². The molecule has 5 aromatic carbocycles. The Hall–Kier alpha value is -4.96. The average molecular weight is 460 g/mol. The summed E-state index contributed by atoms with van der Waals surface area (Å²) in [6, 6.07) is 35.8. The molecule has 0 N–H and O–H groups in total. The van der Waals surface area contributed by atoms with Gasteiger partial charge in [0.2, 0.25) is 0 Å². The molecule has 0 aliphatic heterocycles. The number of benzene rings is 5. The maximum Gasteiger partial charge on any atom is 0.165 e. The van der Waals surface area contributed by atoms with E-state index in [-0.39, 0.29) is 0 Å². The molecule has 9 aromatic rings. The first-order valence-electron chi connectivity index (χ1n) is 12.1. The van der Waals surface area contributed by atoms with Crippen LogP contribution in [-0.2, 0) is 0 Å². The van der Waals surface area contributed by atoms with Crippen molar-refractivity contribution in [2.24, 2.45) is 0 Å². The van der Waals surface area contributed by atoms with E-state index in [0.29, 0.717) is 0 Å². The van der Waals surface area contributed by atoms with Crippen molar-refractivity contribution in [3.63, 3.8) is 0 Å². The first kappa shape index (κ1) is 18.4. The van der Waals surface area contributed by atoms with E-state index in [0.717, 1.165) is 66.1 Å². The first-order chi connectivity index (χ1) is 17.8. The summed E-state index contributed by atoms with van der Waals surface area (Å²) in [7, 11) is 0. The lowest BCUT2D eigenvalue weighted by molar-refractivity contribution is 0.669. The molecular weight excluding hydrogens is 442 g/mol. The molecule has 0 fully saturated rings. The lowest BCUT2D eigenvalue weighted by Gasteiger charge is -2.04. The molecule has 166 valence electrons. The van der Waals surface area contributed by atoms with E-state index in [4.69, 9.17) is 14.4 Å². The Morgan fingerprint density at radius 1 is 0.556 bits per heavy atom. The molecule has 0 aliphatic rings. The smallest absolute Gasteiger partial charge is 0.165 e. The fourth-order valence-electron chi connectivity index (χ4n) is 5.96. The fraction of sp³-hybridized carbons (Fsp3) is 0. The van der Waals surface area contributed by atoms with Gasteiger partial charge in [0.1, 0.15) is 16.7 Å². The maximum atomic E-state index is 6.37. The molecule has 0 unspecified atom stereocenters. The second-order valence-corrected chi connectivity index (χ2v) is 9.44. The predicted octanol–water partition coefficient (Wildman–Crippen LogP) is 8.35. The van der Waals surface area contributed by atoms with Gasteiger partial charge in [-0.2, -0.15) is 0 Å². The average Bonchev–Trinajstić information content (AvgIpc) is 3.57. The molecule has 0 amide bonds. The van der Waals surface area contributed by atoms with Crippen molar-refractivity contribution in [3.8, 4) is 11.1 Å². The van der Waals surface area contributed by atoms with E-state index < -0.39 is 0 Å². The minimum absolute atomic E-state index is 0.883. The molecule has 0 saturated carbocycles. The number of fused-ring (bicyclic) bond motifs is 11. The summed E-state index contributed by atoms with van der Waals surface area (Å²) in [6.07, 6.45) is 0. The van der Waals surface area contributed by atoms with Crippen LogP contribution in [-0.4, -0.2) is 14.4 Å². The summed E-state index contributed by atoms with van der Waals surface area (Å²) < 4.78 is 8.65. The SMILES string of the molecule is c1ccc(-c2ccc3nc4c(nc3c2)c2cc3oc5ccccc5c3c3c5ccccc5n4c23)cc1. The standard InChI is InChI=1S/C32H17N3O/c1-2-8-18(9-3-1)19-14-15-23-24(16-19)33-30-22-17-27-28(21-11-5-7-13-26(21)36-27)29-20-10-4-6-12-25(20)35(31(22)29)32(30)34-23/h1-17H. The molecule has 0 aliphatic carbocycles. The highest BCUT2D eigenvalue weighted by Crippen LogP contribution is 2.45. The molecule has 0 radical (unpaired) electrons. The summed E-state index contributed by atoms with van der Waals surface area (Å²) >= 11 is 0. The maximum absolute atomic E-state index is 6.37. The normalized spacial score (nSPS) is 12.4. The first-order valence-corrected chi connectivity index (χ1v) is 12.1. The summed E-state index contributed by atoms with van der Waals surface area (Å²) in [5.74, 6) is 0. The summed E-state index contributed by atoms with van der Waals surface area (Å²) in [4.78, 5) is 10.4. The predicted molar refractivity (Wildman–Crippen MR) is 147 cm³/mol. The Balaban J connectivity index is 1.50. The molecule has 9 rings (SSSR count). The van der Waals surface area contributed by atoms with Crippen molar-refractivity contribution in [1.82, 2.24) is 14.4 Å². The lowest BCUT2D eigenvalue weighted by Crippen LogP contribution is -1.90. The lowest BCUT2D eigenvalue weighted by atomic mass is 10.0. The van der Waals surface area contributed by atoms with Gasteiger partial charge in [-0.3, -0.25) is 4.40 Å². The summed E-state index contributed by atoms with van der Waals surface area (Å²) in [6.45, 7) is 0. The van der Waals surface area contributed by atoms with E-state index in [9.17, 15) is 0 Å². The van der Waals surface area contributed by atoms with Crippen molar-refractivity contribution in [3.05, 3.63) is 103 Å². The Bertz CT molecular complexity index is 2310. The molecule has 0 bridgehead atoms. The third kappa shape index (κ3) is 2.19. The van der Waals surface area contributed by atoms with Gasteiger partial charge in [0.05, 0.1) is 22.1 Å². The van der Waals surface area contributed by atoms with Gasteiger partial charge in [0, 0.05) is 26.9 Å². The van der Waals surface area contributed by atoms with Crippen LogP contribution in [0.1, 0.15) is 0 Å². The van der Waals surface area contributed by atoms with Gasteiger partial charge in [0.15, 0.2) is 5.65 Å². The largest absolute Gasteiger partial charge is 0.456 e. The van der Waals surface area contributed by atoms with Gasteiger partial charge < -0.3 is 4.42 Å². The van der Waals surface area contributed by atoms with Gasteiger partial charge in [0.25, 0.3) is 0 Å². The molecule has 4 aromatic heterocycles. The highest BCUT2D eigenvalue weighted by molar-refractivity contribution is 6.34. The van der Waals surface area contributed by atoms with Gasteiger partial charge in [-0.15, -0.1) is 0 Å². The highest BCUT2D eigenvalue weighted by Gasteiger charge is 2.24. The van der Waals surface area contributed by atoms with Crippen LogP contribution in [0.15, 0.2) is 108 Å². The van der Waals surface area contributed by atoms with Gasteiger partial charge in [-0.25, -0.2) is 9.97 Å². The van der Waals surface area contributed by atoms with E-state index in [2.05, 4.69) is 89.3 Å². The van der Waals surface area contributed by atoms with Crippen molar-refractivity contribution >= 4 is 71.3 Å². The van der Waals surface area contributed by atoms with Crippen LogP contribution >= 0.6 is 0 Å². The fourth-order valence-corrected chi connectivity index (χ4v) is 5.96. The van der Waals surface area contributed by atoms with Crippen LogP contribution in [0.3, 0.4) is 0 Å². The quantitative estimate of drug-likeness (QED) is 0.248. The topological polar surface area (TPSA) is 43.3 Å². The van der Waals surface area contributed by atoms with E-state index in [1.54, 1.807) is 0 Å². The minimum Gasteiger partial charge on any atom is -0.456 e. The molecule has 4 heteroatoms. The van der Waals surface area contributed by atoms with Crippen LogP contribution in [0.2, 0.25) is 0 Å². The van der Waals surface area contributed by atoms with Crippen molar-refractivity contribution < 1.29 is 4.42 Å². The Morgan fingerprint density at radius 2 is 1.36 bits per heavy atom. The van der Waals surface area contributed by atoms with E-state index >= 15 is 0 Å². The second kappa shape index (κ2) is 6.37. The van der Waals surface area contributed by atoms with Gasteiger partial charge in [-0.1, -0.05) is 72.8 Å². The molecule has 4 nitrogen and oxygen atoms in total. The van der Waals surface area contributed by atoms with Crippen LogP contribution in [0.4, 0.5) is 0 Å².